The van der Waals surface area contributed by atoms with Crippen LogP contribution < -0.4 is 5.73 Å². The standard InChI is InChI=1S/C14H21FN2O/c1-4-17(9-10(2)8-16)14(18)12-7-5-6-11(3)13(12)15/h5-7,10H,4,8-9,16H2,1-3H3. The third-order valence-electron chi connectivity index (χ3n) is 3.03. The minimum atomic E-state index is -0.429. The molecule has 0 spiro atoms. The number of aryl methyl sites for hydroxylation is 1. The Morgan fingerprint density at radius 3 is 2.72 bits per heavy atom. The van der Waals surface area contributed by atoms with Crippen LogP contribution in [0.25, 0.3) is 0 Å². The van der Waals surface area contributed by atoms with E-state index in [1.807, 2.05) is 13.8 Å². The molecular formula is C14H21FN2O. The number of carbonyl (C=O) groups excluding carboxylic acids is 1. The van der Waals surface area contributed by atoms with Gasteiger partial charge in [-0.15, -0.1) is 0 Å². The van der Waals surface area contributed by atoms with Crippen LogP contribution in [0.4, 0.5) is 4.39 Å². The number of nitrogens with zero attached hydrogens (tertiary/aromatic N) is 1. The van der Waals surface area contributed by atoms with E-state index in [-0.39, 0.29) is 17.4 Å². The van der Waals surface area contributed by atoms with Gasteiger partial charge in [-0.05, 0) is 37.9 Å². The number of benzene rings is 1. The van der Waals surface area contributed by atoms with Gasteiger partial charge in [-0.1, -0.05) is 19.1 Å². The second-order valence-corrected chi connectivity index (χ2v) is 4.62. The monoisotopic (exact) mass is 252 g/mol. The fourth-order valence-electron chi connectivity index (χ4n) is 1.79. The molecule has 0 saturated carbocycles. The Kier molecular flexibility index (Phi) is 5.28. The van der Waals surface area contributed by atoms with Crippen molar-refractivity contribution in [1.82, 2.24) is 4.90 Å². The van der Waals surface area contributed by atoms with E-state index in [4.69, 9.17) is 5.73 Å². The van der Waals surface area contributed by atoms with Crippen molar-refractivity contribution >= 4 is 5.91 Å². The predicted octanol–water partition coefficient (Wildman–Crippen LogP) is 2.19. The van der Waals surface area contributed by atoms with Gasteiger partial charge in [-0.2, -0.15) is 0 Å². The first-order valence-corrected chi connectivity index (χ1v) is 6.25. The van der Waals surface area contributed by atoms with Crippen molar-refractivity contribution in [2.24, 2.45) is 11.7 Å². The maximum absolute atomic E-state index is 13.9. The van der Waals surface area contributed by atoms with Gasteiger partial charge in [0.05, 0.1) is 5.56 Å². The number of rotatable bonds is 5. The molecule has 0 heterocycles. The summed E-state index contributed by atoms with van der Waals surface area (Å²) in [5.41, 5.74) is 6.19. The topological polar surface area (TPSA) is 46.3 Å². The molecule has 0 bridgehead atoms. The van der Waals surface area contributed by atoms with Crippen LogP contribution in [0.1, 0.15) is 29.8 Å². The lowest BCUT2D eigenvalue weighted by molar-refractivity contribution is 0.0739. The van der Waals surface area contributed by atoms with E-state index in [0.717, 1.165) is 0 Å². The normalized spacial score (nSPS) is 12.3. The molecule has 0 fully saturated rings. The van der Waals surface area contributed by atoms with E-state index in [1.54, 1.807) is 24.0 Å². The summed E-state index contributed by atoms with van der Waals surface area (Å²) in [5.74, 6) is -0.484. The molecule has 0 saturated heterocycles. The highest BCUT2D eigenvalue weighted by molar-refractivity contribution is 5.94. The highest BCUT2D eigenvalue weighted by atomic mass is 19.1. The van der Waals surface area contributed by atoms with E-state index >= 15 is 0 Å². The molecule has 1 unspecified atom stereocenters. The Labute approximate surface area is 108 Å². The summed E-state index contributed by atoms with van der Waals surface area (Å²) < 4.78 is 13.9. The summed E-state index contributed by atoms with van der Waals surface area (Å²) in [6.45, 7) is 7.14. The molecule has 1 amide bonds. The fraction of sp³-hybridized carbons (Fsp3) is 0.500. The van der Waals surface area contributed by atoms with Gasteiger partial charge in [-0.3, -0.25) is 4.79 Å². The molecule has 1 rings (SSSR count). The number of hydrogen-bond donors (Lipinski definition) is 1. The summed E-state index contributed by atoms with van der Waals surface area (Å²) in [5, 5.41) is 0. The first-order chi connectivity index (χ1) is 8.51. The van der Waals surface area contributed by atoms with Crippen LogP contribution >= 0.6 is 0 Å². The largest absolute Gasteiger partial charge is 0.339 e. The average molecular weight is 252 g/mol. The van der Waals surface area contributed by atoms with E-state index in [9.17, 15) is 9.18 Å². The Balaban J connectivity index is 2.93. The van der Waals surface area contributed by atoms with Crippen LogP contribution in [0.2, 0.25) is 0 Å². The van der Waals surface area contributed by atoms with E-state index in [1.165, 1.54) is 6.07 Å². The predicted molar refractivity (Wildman–Crippen MR) is 70.9 cm³/mol. The van der Waals surface area contributed by atoms with Crippen LogP contribution in [-0.2, 0) is 0 Å². The SMILES string of the molecule is CCN(CC(C)CN)C(=O)c1cccc(C)c1F. The third kappa shape index (κ3) is 3.29. The Bertz CT molecular complexity index is 420. The van der Waals surface area contributed by atoms with Gasteiger partial charge in [0.1, 0.15) is 5.82 Å². The molecule has 4 heteroatoms. The van der Waals surface area contributed by atoms with E-state index in [2.05, 4.69) is 0 Å². The molecule has 3 nitrogen and oxygen atoms in total. The molecule has 1 aromatic carbocycles. The minimum absolute atomic E-state index is 0.140. The van der Waals surface area contributed by atoms with Crippen LogP contribution in [0.15, 0.2) is 18.2 Å². The molecule has 1 aromatic rings. The summed E-state index contributed by atoms with van der Waals surface area (Å²) in [6.07, 6.45) is 0. The summed E-state index contributed by atoms with van der Waals surface area (Å²) in [4.78, 5) is 13.9. The van der Waals surface area contributed by atoms with Crippen LogP contribution in [-0.4, -0.2) is 30.4 Å². The third-order valence-corrected chi connectivity index (χ3v) is 3.03. The second-order valence-electron chi connectivity index (χ2n) is 4.62. The van der Waals surface area contributed by atoms with Gasteiger partial charge in [-0.25, -0.2) is 4.39 Å². The Hall–Kier alpha value is -1.42. The first kappa shape index (κ1) is 14.6. The molecule has 2 N–H and O–H groups in total. The molecular weight excluding hydrogens is 231 g/mol. The second kappa shape index (κ2) is 6.50. The van der Waals surface area contributed by atoms with Crippen molar-refractivity contribution in [3.05, 3.63) is 35.1 Å². The summed E-state index contributed by atoms with van der Waals surface area (Å²) in [7, 11) is 0. The molecule has 18 heavy (non-hydrogen) atoms. The van der Waals surface area contributed by atoms with Gasteiger partial charge in [0.2, 0.25) is 0 Å². The van der Waals surface area contributed by atoms with E-state index < -0.39 is 5.82 Å². The average Bonchev–Trinajstić information content (AvgIpc) is 2.38. The number of carbonyl (C=O) groups is 1. The van der Waals surface area contributed by atoms with Crippen molar-refractivity contribution in [2.45, 2.75) is 20.8 Å². The quantitative estimate of drug-likeness (QED) is 0.873. The van der Waals surface area contributed by atoms with Crippen molar-refractivity contribution in [2.75, 3.05) is 19.6 Å². The molecule has 0 aliphatic carbocycles. The van der Waals surface area contributed by atoms with Gasteiger partial charge < -0.3 is 10.6 Å². The van der Waals surface area contributed by atoms with Crippen molar-refractivity contribution in [3.8, 4) is 0 Å². The molecule has 1 atom stereocenters. The number of nitrogens with two attached hydrogens (primary N) is 1. The van der Waals surface area contributed by atoms with Crippen LogP contribution in [0, 0.1) is 18.7 Å². The minimum Gasteiger partial charge on any atom is -0.339 e. The van der Waals surface area contributed by atoms with Gasteiger partial charge in [0.15, 0.2) is 0 Å². The zero-order valence-corrected chi connectivity index (χ0v) is 11.2. The van der Waals surface area contributed by atoms with Gasteiger partial charge in [0, 0.05) is 13.1 Å². The van der Waals surface area contributed by atoms with Gasteiger partial charge in [0.25, 0.3) is 5.91 Å². The lowest BCUT2D eigenvalue weighted by Crippen LogP contribution is -2.37. The Morgan fingerprint density at radius 2 is 2.17 bits per heavy atom. The van der Waals surface area contributed by atoms with Crippen molar-refractivity contribution < 1.29 is 9.18 Å². The van der Waals surface area contributed by atoms with Crippen molar-refractivity contribution in [3.63, 3.8) is 0 Å². The van der Waals surface area contributed by atoms with Crippen LogP contribution in [0.5, 0.6) is 0 Å². The number of amides is 1. The fourth-order valence-corrected chi connectivity index (χ4v) is 1.79. The molecule has 0 aromatic heterocycles. The van der Waals surface area contributed by atoms with Crippen LogP contribution in [0.3, 0.4) is 0 Å². The lowest BCUT2D eigenvalue weighted by Gasteiger charge is -2.24. The number of hydrogen-bond acceptors (Lipinski definition) is 2. The highest BCUT2D eigenvalue weighted by Crippen LogP contribution is 2.15. The molecule has 0 aliphatic heterocycles. The zero-order chi connectivity index (χ0) is 13.7. The number of halogens is 1. The van der Waals surface area contributed by atoms with Crippen molar-refractivity contribution in [1.29, 1.82) is 0 Å². The summed E-state index contributed by atoms with van der Waals surface area (Å²) in [6, 6.07) is 4.89. The Morgan fingerprint density at radius 1 is 1.50 bits per heavy atom. The molecule has 0 aliphatic rings. The molecule has 0 radical (unpaired) electrons. The first-order valence-electron chi connectivity index (χ1n) is 6.25. The zero-order valence-electron chi connectivity index (χ0n) is 11.2. The highest BCUT2D eigenvalue weighted by Gasteiger charge is 2.20. The maximum atomic E-state index is 13.9. The smallest absolute Gasteiger partial charge is 0.256 e. The summed E-state index contributed by atoms with van der Waals surface area (Å²) >= 11 is 0. The maximum Gasteiger partial charge on any atom is 0.256 e. The molecule has 100 valence electrons. The lowest BCUT2D eigenvalue weighted by atomic mass is 10.1. The van der Waals surface area contributed by atoms with Gasteiger partial charge >= 0.3 is 0 Å². The van der Waals surface area contributed by atoms with E-state index in [0.29, 0.717) is 25.2 Å².